The van der Waals surface area contributed by atoms with Crippen molar-refractivity contribution in [2.24, 2.45) is 0 Å². The van der Waals surface area contributed by atoms with Crippen molar-refractivity contribution < 1.29 is 9.85 Å². The Bertz CT molecular complexity index is 1270. The minimum Gasteiger partial charge on any atom is -0.339 e. The molecule has 4 aromatic rings. The van der Waals surface area contributed by atoms with E-state index >= 15 is 0 Å². The van der Waals surface area contributed by atoms with Gasteiger partial charge in [-0.1, -0.05) is 18.2 Å². The van der Waals surface area contributed by atoms with Crippen LogP contribution in [0.25, 0.3) is 21.3 Å². The van der Waals surface area contributed by atoms with E-state index in [1.807, 2.05) is 12.3 Å². The minimum absolute atomic E-state index is 0.0114. The third-order valence-electron chi connectivity index (χ3n) is 4.42. The van der Waals surface area contributed by atoms with E-state index in [9.17, 15) is 20.2 Å². The topological polar surface area (TPSA) is 124 Å². The predicted octanol–water partition coefficient (Wildman–Crippen LogP) is 5.23. The molecule has 0 radical (unpaired) electrons. The summed E-state index contributed by atoms with van der Waals surface area (Å²) in [5.41, 5.74) is 2.74. The van der Waals surface area contributed by atoms with Crippen molar-refractivity contribution in [1.82, 2.24) is 9.97 Å². The van der Waals surface area contributed by atoms with E-state index < -0.39 is 9.85 Å². The van der Waals surface area contributed by atoms with Crippen LogP contribution in [0.3, 0.4) is 0 Å². The van der Waals surface area contributed by atoms with Crippen LogP contribution in [0.5, 0.6) is 0 Å². The van der Waals surface area contributed by atoms with Gasteiger partial charge in [-0.25, -0.2) is 9.97 Å². The Hall–Kier alpha value is -3.92. The van der Waals surface area contributed by atoms with Crippen molar-refractivity contribution in [1.29, 1.82) is 0 Å². The molecule has 0 fully saturated rings. The van der Waals surface area contributed by atoms with Crippen LogP contribution in [0.2, 0.25) is 0 Å². The van der Waals surface area contributed by atoms with E-state index in [1.54, 1.807) is 18.2 Å². The van der Waals surface area contributed by atoms with Crippen LogP contribution in [0, 0.1) is 27.2 Å². The summed E-state index contributed by atoms with van der Waals surface area (Å²) < 4.78 is 0. The molecule has 2 aromatic heterocycles. The number of hydrogen-bond donors (Lipinski definition) is 1. The van der Waals surface area contributed by atoms with Crippen LogP contribution in [0.15, 0.2) is 54.2 Å². The standard InChI is InChI=1S/C19H13N5O4S/c1-11-5-6-14(24(27)28)8-16(11)22-18-17-15(9-29-19(17)21-10-20-18)12-3-2-4-13(7-12)23(25)26/h2-10H,1H3,(H,20,21,22). The highest BCUT2D eigenvalue weighted by Gasteiger charge is 2.17. The van der Waals surface area contributed by atoms with E-state index in [-0.39, 0.29) is 11.4 Å². The Morgan fingerprint density at radius 2 is 1.76 bits per heavy atom. The number of rotatable bonds is 5. The van der Waals surface area contributed by atoms with Gasteiger partial charge >= 0.3 is 0 Å². The molecule has 0 spiro atoms. The number of thiophene rings is 1. The molecule has 144 valence electrons. The fraction of sp³-hybridized carbons (Fsp3) is 0.0526. The van der Waals surface area contributed by atoms with Crippen molar-refractivity contribution in [3.05, 3.63) is 80.0 Å². The summed E-state index contributed by atoms with van der Waals surface area (Å²) >= 11 is 1.39. The van der Waals surface area contributed by atoms with Crippen LogP contribution >= 0.6 is 11.3 Å². The van der Waals surface area contributed by atoms with Crippen LogP contribution in [0.4, 0.5) is 22.9 Å². The highest BCUT2D eigenvalue weighted by molar-refractivity contribution is 7.17. The normalized spacial score (nSPS) is 10.8. The summed E-state index contributed by atoms with van der Waals surface area (Å²) in [6.07, 6.45) is 1.41. The first-order chi connectivity index (χ1) is 13.9. The van der Waals surface area contributed by atoms with Gasteiger partial charge in [0.15, 0.2) is 0 Å². The van der Waals surface area contributed by atoms with Gasteiger partial charge in [-0.3, -0.25) is 20.2 Å². The molecule has 0 aliphatic rings. The number of benzene rings is 2. The Labute approximate surface area is 168 Å². The third kappa shape index (κ3) is 3.48. The average Bonchev–Trinajstić information content (AvgIpc) is 3.15. The zero-order chi connectivity index (χ0) is 20.5. The van der Waals surface area contributed by atoms with Gasteiger partial charge in [0.2, 0.25) is 0 Å². The van der Waals surface area contributed by atoms with Crippen LogP contribution < -0.4 is 5.32 Å². The number of aryl methyl sites for hydroxylation is 1. The van der Waals surface area contributed by atoms with Gasteiger partial charge < -0.3 is 5.32 Å². The molecular weight excluding hydrogens is 394 g/mol. The molecular formula is C19H13N5O4S. The van der Waals surface area contributed by atoms with Crippen LogP contribution in [0.1, 0.15) is 5.56 Å². The van der Waals surface area contributed by atoms with E-state index in [0.717, 1.165) is 11.1 Å². The van der Waals surface area contributed by atoms with Gasteiger partial charge in [0, 0.05) is 40.9 Å². The summed E-state index contributed by atoms with van der Waals surface area (Å²) in [5.74, 6) is 0.473. The number of fused-ring (bicyclic) bond motifs is 1. The second kappa shape index (κ2) is 7.24. The summed E-state index contributed by atoms with van der Waals surface area (Å²) in [6.45, 7) is 1.83. The van der Waals surface area contributed by atoms with Gasteiger partial charge in [-0.05, 0) is 18.1 Å². The predicted molar refractivity (Wildman–Crippen MR) is 111 cm³/mol. The molecule has 9 nitrogen and oxygen atoms in total. The van der Waals surface area contributed by atoms with Gasteiger partial charge in [0.1, 0.15) is 17.0 Å². The molecule has 0 aliphatic heterocycles. The van der Waals surface area contributed by atoms with Gasteiger partial charge in [0.25, 0.3) is 11.4 Å². The molecule has 0 unspecified atom stereocenters. The average molecular weight is 407 g/mol. The second-order valence-electron chi connectivity index (χ2n) is 6.24. The number of anilines is 2. The zero-order valence-electron chi connectivity index (χ0n) is 15.0. The summed E-state index contributed by atoms with van der Waals surface area (Å²) in [7, 11) is 0. The van der Waals surface area contributed by atoms with E-state index in [0.29, 0.717) is 27.3 Å². The Morgan fingerprint density at radius 3 is 2.52 bits per heavy atom. The SMILES string of the molecule is Cc1ccc([N+](=O)[O-])cc1Nc1ncnc2scc(-c3cccc([N+](=O)[O-])c3)c12. The summed E-state index contributed by atoms with van der Waals surface area (Å²) in [6, 6.07) is 10.9. The lowest BCUT2D eigenvalue weighted by atomic mass is 10.1. The molecule has 1 N–H and O–H groups in total. The number of nitrogens with one attached hydrogen (secondary N) is 1. The molecule has 4 rings (SSSR count). The lowest BCUT2D eigenvalue weighted by Gasteiger charge is -2.11. The molecule has 0 bridgehead atoms. The largest absolute Gasteiger partial charge is 0.339 e. The Morgan fingerprint density at radius 1 is 1.00 bits per heavy atom. The lowest BCUT2D eigenvalue weighted by Crippen LogP contribution is -1.99. The number of nitrogens with zero attached hydrogens (tertiary/aromatic N) is 4. The molecule has 0 saturated heterocycles. The fourth-order valence-electron chi connectivity index (χ4n) is 2.96. The molecule has 10 heteroatoms. The molecule has 2 aromatic carbocycles. The van der Waals surface area contributed by atoms with Crippen molar-refractivity contribution in [2.75, 3.05) is 5.32 Å². The van der Waals surface area contributed by atoms with E-state index in [2.05, 4.69) is 15.3 Å². The number of hydrogen-bond acceptors (Lipinski definition) is 8. The molecule has 0 amide bonds. The lowest BCUT2D eigenvalue weighted by molar-refractivity contribution is -0.385. The van der Waals surface area contributed by atoms with Gasteiger partial charge in [-0.2, -0.15) is 0 Å². The second-order valence-corrected chi connectivity index (χ2v) is 7.10. The highest BCUT2D eigenvalue weighted by Crippen LogP contribution is 2.38. The zero-order valence-corrected chi connectivity index (χ0v) is 15.8. The summed E-state index contributed by atoms with van der Waals surface area (Å²) in [4.78, 5) is 30.6. The molecule has 2 heterocycles. The molecule has 29 heavy (non-hydrogen) atoms. The Balaban J connectivity index is 1.84. The number of nitro benzene ring substituents is 2. The van der Waals surface area contributed by atoms with E-state index in [1.165, 1.54) is 41.9 Å². The molecule has 0 atom stereocenters. The third-order valence-corrected chi connectivity index (χ3v) is 5.31. The number of nitro groups is 2. The maximum atomic E-state index is 11.1. The van der Waals surface area contributed by atoms with Crippen molar-refractivity contribution in [3.8, 4) is 11.1 Å². The summed E-state index contributed by atoms with van der Waals surface area (Å²) in [5, 5.41) is 28.0. The highest BCUT2D eigenvalue weighted by atomic mass is 32.1. The van der Waals surface area contributed by atoms with Gasteiger partial charge in [0.05, 0.1) is 15.2 Å². The van der Waals surface area contributed by atoms with Crippen molar-refractivity contribution in [2.45, 2.75) is 6.92 Å². The maximum Gasteiger partial charge on any atom is 0.271 e. The fourth-order valence-corrected chi connectivity index (χ4v) is 3.87. The minimum atomic E-state index is -0.459. The maximum absolute atomic E-state index is 11.1. The molecule has 0 aliphatic carbocycles. The number of aromatic nitrogens is 2. The number of non-ortho nitro benzene ring substituents is 2. The van der Waals surface area contributed by atoms with Crippen molar-refractivity contribution >= 4 is 44.4 Å². The van der Waals surface area contributed by atoms with Crippen molar-refractivity contribution in [3.63, 3.8) is 0 Å². The van der Waals surface area contributed by atoms with Crippen LogP contribution in [-0.2, 0) is 0 Å². The first-order valence-electron chi connectivity index (χ1n) is 8.43. The smallest absolute Gasteiger partial charge is 0.271 e. The van der Waals surface area contributed by atoms with E-state index in [4.69, 9.17) is 0 Å². The first-order valence-corrected chi connectivity index (χ1v) is 9.31. The molecule has 0 saturated carbocycles. The first kappa shape index (κ1) is 18.4. The van der Waals surface area contributed by atoms with Gasteiger partial charge in [-0.15, -0.1) is 11.3 Å². The van der Waals surface area contributed by atoms with Crippen LogP contribution in [-0.4, -0.2) is 19.8 Å². The quantitative estimate of drug-likeness (QED) is 0.355. The Kier molecular flexibility index (Phi) is 4.61. The monoisotopic (exact) mass is 407 g/mol.